The highest BCUT2D eigenvalue weighted by Crippen LogP contribution is 2.23. The normalized spacial score (nSPS) is 19.2. The maximum Gasteiger partial charge on any atom is 0.220 e. The molecule has 1 fully saturated rings. The molecule has 1 saturated heterocycles. The molecule has 6 N–H and O–H groups in total. The summed E-state index contributed by atoms with van der Waals surface area (Å²) in [6.45, 7) is 3.64. The molecule has 0 spiro atoms. The van der Waals surface area contributed by atoms with Crippen LogP contribution in [0.15, 0.2) is 158 Å². The van der Waals surface area contributed by atoms with Crippen LogP contribution < -0.4 is 5.32 Å². The van der Waals surface area contributed by atoms with E-state index < -0.39 is 49.5 Å². The van der Waals surface area contributed by atoms with Crippen LogP contribution in [0.5, 0.6) is 0 Å². The number of carbonyl (C=O) groups excluding carboxylic acids is 1. The van der Waals surface area contributed by atoms with Crippen LogP contribution in [-0.4, -0.2) is 87.5 Å². The van der Waals surface area contributed by atoms with Crippen molar-refractivity contribution >= 4 is 5.91 Å². The summed E-state index contributed by atoms with van der Waals surface area (Å²) >= 11 is 0. The van der Waals surface area contributed by atoms with Gasteiger partial charge < -0.3 is 40.3 Å². The number of ether oxygens (including phenoxy) is 2. The quantitative estimate of drug-likeness (QED) is 0.0261. The number of rotatable bonds is 56. The van der Waals surface area contributed by atoms with Gasteiger partial charge in [-0.15, -0.1) is 0 Å². The van der Waals surface area contributed by atoms with Crippen molar-refractivity contribution in [3.8, 4) is 0 Å². The Morgan fingerprint density at radius 1 is 0.417 bits per heavy atom. The molecule has 1 heterocycles. The van der Waals surface area contributed by atoms with Crippen molar-refractivity contribution in [2.75, 3.05) is 13.2 Å². The van der Waals surface area contributed by atoms with Crippen molar-refractivity contribution in [2.45, 2.75) is 294 Å². The van der Waals surface area contributed by atoms with E-state index in [1.165, 1.54) is 116 Å². The van der Waals surface area contributed by atoms with Gasteiger partial charge in [0.1, 0.15) is 24.4 Å². The summed E-state index contributed by atoms with van der Waals surface area (Å²) in [5.74, 6) is -0.223. The van der Waals surface area contributed by atoms with E-state index in [9.17, 15) is 30.3 Å². The Morgan fingerprint density at radius 2 is 0.750 bits per heavy atom. The summed E-state index contributed by atoms with van der Waals surface area (Å²) in [6.07, 6.45) is 90.4. The number of amides is 1. The van der Waals surface area contributed by atoms with Crippen molar-refractivity contribution in [3.63, 3.8) is 0 Å². The second-order valence-electron chi connectivity index (χ2n) is 22.5. The van der Waals surface area contributed by atoms with Crippen LogP contribution in [0.3, 0.4) is 0 Å². The van der Waals surface area contributed by atoms with Crippen molar-refractivity contribution in [2.24, 2.45) is 0 Å². The first-order valence-electron chi connectivity index (χ1n) is 33.7. The molecule has 0 aliphatic carbocycles. The Morgan fingerprint density at radius 3 is 1.14 bits per heavy atom. The molecule has 1 amide bonds. The molecular formula is C75H123NO8. The third-order valence-electron chi connectivity index (χ3n) is 14.8. The average Bonchev–Trinajstić information content (AvgIpc) is 3.70. The molecular weight excluding hydrogens is 1040 g/mol. The van der Waals surface area contributed by atoms with E-state index in [0.717, 1.165) is 109 Å². The fraction of sp³-hybridized carbons (Fsp3) is 0.640. The standard InChI is InChI=1S/C75H123NO8/c1-3-5-7-9-11-13-15-17-19-21-23-25-27-29-30-31-32-33-34-35-36-37-38-39-40-41-43-45-47-49-51-53-55-57-59-61-63-65-71(79)76-68(67-83-75-74(82)73(81)72(80)70(66-77)84-75)69(78)64-62-60-58-56-54-52-50-48-46-44-42-28-26-24-22-20-18-16-14-12-10-8-6-4-2/h5,7,11,13,17,19,23,25,29-30,32-33,35-36,38-39,41,43,47,49,53-56,62,64,68-70,72-75,77-78,80-82H,3-4,6,8-10,12,14-16,18,20-22,24,26-28,31,34,37,40,42,44-46,48,50-52,57-61,63,65-67H2,1-2H3,(H,76,79)/b7-5-,13-11-,19-17-,25-23-,30-29-,33-32-,36-35-,39-38-,43-41-,49-47-,55-53-,56-54+,64-62+. The summed E-state index contributed by atoms with van der Waals surface area (Å²) < 4.78 is 11.3. The zero-order valence-electron chi connectivity index (χ0n) is 53.1. The molecule has 0 saturated carbocycles. The van der Waals surface area contributed by atoms with Crippen LogP contribution in [0.1, 0.15) is 251 Å². The smallest absolute Gasteiger partial charge is 0.220 e. The molecule has 9 nitrogen and oxygen atoms in total. The highest BCUT2D eigenvalue weighted by molar-refractivity contribution is 5.76. The van der Waals surface area contributed by atoms with Gasteiger partial charge >= 0.3 is 0 Å². The summed E-state index contributed by atoms with van der Waals surface area (Å²) in [7, 11) is 0. The van der Waals surface area contributed by atoms with Gasteiger partial charge in [0.25, 0.3) is 0 Å². The van der Waals surface area contributed by atoms with Gasteiger partial charge in [0.05, 0.1) is 25.4 Å². The molecule has 1 aliphatic rings. The second-order valence-corrected chi connectivity index (χ2v) is 22.5. The molecule has 1 rings (SSSR count). The van der Waals surface area contributed by atoms with Gasteiger partial charge in [0, 0.05) is 6.42 Å². The van der Waals surface area contributed by atoms with Crippen LogP contribution in [0.2, 0.25) is 0 Å². The molecule has 476 valence electrons. The lowest BCUT2D eigenvalue weighted by Gasteiger charge is -2.40. The van der Waals surface area contributed by atoms with Gasteiger partial charge in [0.2, 0.25) is 5.91 Å². The highest BCUT2D eigenvalue weighted by Gasteiger charge is 2.44. The van der Waals surface area contributed by atoms with Crippen molar-refractivity contribution < 1.29 is 39.8 Å². The van der Waals surface area contributed by atoms with Gasteiger partial charge in [-0.1, -0.05) is 287 Å². The van der Waals surface area contributed by atoms with E-state index in [1.807, 2.05) is 6.08 Å². The number of hydrogen-bond donors (Lipinski definition) is 6. The number of aliphatic hydroxyl groups is 5. The number of allylic oxidation sites excluding steroid dienone is 25. The number of unbranched alkanes of at least 4 members (excludes halogenated alkanes) is 22. The monoisotopic (exact) mass is 1170 g/mol. The van der Waals surface area contributed by atoms with Gasteiger partial charge in [-0.05, 0) is 116 Å². The Bertz CT molecular complexity index is 1880. The summed E-state index contributed by atoms with van der Waals surface area (Å²) in [5, 5.41) is 54.6. The molecule has 0 aromatic rings. The fourth-order valence-corrected chi connectivity index (χ4v) is 9.59. The average molecular weight is 1170 g/mol. The predicted molar refractivity (Wildman–Crippen MR) is 359 cm³/mol. The van der Waals surface area contributed by atoms with E-state index in [0.29, 0.717) is 6.42 Å². The van der Waals surface area contributed by atoms with Crippen molar-refractivity contribution in [1.29, 1.82) is 0 Å². The number of carbonyl (C=O) groups is 1. The van der Waals surface area contributed by atoms with Crippen molar-refractivity contribution in [3.05, 3.63) is 158 Å². The largest absolute Gasteiger partial charge is 0.394 e. The van der Waals surface area contributed by atoms with E-state index >= 15 is 0 Å². The van der Waals surface area contributed by atoms with Gasteiger partial charge in [0.15, 0.2) is 6.29 Å². The minimum atomic E-state index is -1.59. The predicted octanol–water partition coefficient (Wildman–Crippen LogP) is 18.4. The van der Waals surface area contributed by atoms with Crippen LogP contribution in [0, 0.1) is 0 Å². The third-order valence-corrected chi connectivity index (χ3v) is 14.8. The summed E-state index contributed by atoms with van der Waals surface area (Å²) in [5.41, 5.74) is 0. The van der Waals surface area contributed by atoms with E-state index in [2.05, 4.69) is 165 Å². The first-order valence-corrected chi connectivity index (χ1v) is 33.7. The molecule has 84 heavy (non-hydrogen) atoms. The second kappa shape index (κ2) is 61.9. The van der Waals surface area contributed by atoms with Gasteiger partial charge in [-0.3, -0.25) is 4.79 Å². The van der Waals surface area contributed by atoms with E-state index in [-0.39, 0.29) is 18.9 Å². The lowest BCUT2D eigenvalue weighted by Crippen LogP contribution is -2.60. The molecule has 0 aromatic heterocycles. The van der Waals surface area contributed by atoms with E-state index in [4.69, 9.17) is 9.47 Å². The third kappa shape index (κ3) is 50.0. The zero-order chi connectivity index (χ0) is 60.7. The molecule has 0 bridgehead atoms. The Kier molecular flexibility index (Phi) is 57.3. The fourth-order valence-electron chi connectivity index (χ4n) is 9.59. The van der Waals surface area contributed by atoms with Crippen LogP contribution in [0.4, 0.5) is 0 Å². The van der Waals surface area contributed by atoms with Crippen LogP contribution in [-0.2, 0) is 14.3 Å². The van der Waals surface area contributed by atoms with Crippen LogP contribution >= 0.6 is 0 Å². The van der Waals surface area contributed by atoms with Crippen LogP contribution in [0.25, 0.3) is 0 Å². The first kappa shape index (κ1) is 77.8. The topological polar surface area (TPSA) is 149 Å². The molecule has 7 atom stereocenters. The number of hydrogen-bond acceptors (Lipinski definition) is 8. The molecule has 9 heteroatoms. The molecule has 0 aromatic carbocycles. The van der Waals surface area contributed by atoms with Gasteiger partial charge in [-0.25, -0.2) is 0 Å². The minimum absolute atomic E-state index is 0.223. The van der Waals surface area contributed by atoms with E-state index in [1.54, 1.807) is 6.08 Å². The number of aliphatic hydroxyl groups excluding tert-OH is 5. The van der Waals surface area contributed by atoms with Crippen molar-refractivity contribution in [1.82, 2.24) is 5.32 Å². The summed E-state index contributed by atoms with van der Waals surface area (Å²) in [6, 6.07) is -0.854. The Labute approximate surface area is 514 Å². The SMILES string of the molecule is CC/C=C\C/C=C\C/C=C\C/C=C\C/C=C\C/C=C\C/C=C\C/C=C\C/C=C\C/C=C\C/C=C\CCCCCC(=O)NC(COC1OC(CO)C(O)C(O)C1O)C(O)/C=C/CC/C=C/CCCCCCCCCCCCCCCCCCCC. The lowest BCUT2D eigenvalue weighted by molar-refractivity contribution is -0.302. The zero-order valence-corrected chi connectivity index (χ0v) is 53.1. The lowest BCUT2D eigenvalue weighted by atomic mass is 9.99. The molecule has 0 radical (unpaired) electrons. The maximum absolute atomic E-state index is 13.1. The Balaban J connectivity index is 2.24. The Hall–Kier alpha value is -4.19. The molecule has 1 aliphatic heterocycles. The summed E-state index contributed by atoms with van der Waals surface area (Å²) in [4.78, 5) is 13.1. The van der Waals surface area contributed by atoms with Gasteiger partial charge in [-0.2, -0.15) is 0 Å². The minimum Gasteiger partial charge on any atom is -0.394 e. The highest BCUT2D eigenvalue weighted by atomic mass is 16.7. The maximum atomic E-state index is 13.1. The molecule has 7 unspecified atom stereocenters. The number of nitrogens with one attached hydrogen (secondary N) is 1. The first-order chi connectivity index (χ1) is 41.3.